The minimum absolute atomic E-state index is 0.136. The van der Waals surface area contributed by atoms with E-state index < -0.39 is 0 Å². The molecule has 5 heteroatoms. The number of amides is 1. The lowest BCUT2D eigenvalue weighted by atomic mass is 9.94. The summed E-state index contributed by atoms with van der Waals surface area (Å²) in [4.78, 5) is 19.4. The molecule has 1 aliphatic heterocycles. The third kappa shape index (κ3) is 3.60. The first-order valence-corrected chi connectivity index (χ1v) is 9.29. The van der Waals surface area contributed by atoms with Crippen LogP contribution in [0.1, 0.15) is 64.8 Å². The van der Waals surface area contributed by atoms with Crippen LogP contribution in [0.2, 0.25) is 0 Å². The predicted octanol–water partition coefficient (Wildman–Crippen LogP) is 3.66. The van der Waals surface area contributed by atoms with E-state index in [-0.39, 0.29) is 5.91 Å². The molecule has 0 bridgehead atoms. The fourth-order valence-electron chi connectivity index (χ4n) is 3.58. The molecule has 25 heavy (non-hydrogen) atoms. The summed E-state index contributed by atoms with van der Waals surface area (Å²) in [5, 5.41) is 4.10. The number of rotatable bonds is 4. The van der Waals surface area contributed by atoms with Crippen LogP contribution in [0.3, 0.4) is 0 Å². The van der Waals surface area contributed by atoms with Gasteiger partial charge in [-0.05, 0) is 68.7 Å². The van der Waals surface area contributed by atoms with E-state index in [1.54, 1.807) is 0 Å². The molecule has 1 amide bonds. The molecule has 2 fully saturated rings. The van der Waals surface area contributed by atoms with Crippen molar-refractivity contribution in [2.75, 3.05) is 13.1 Å². The second-order valence-corrected chi connectivity index (χ2v) is 7.58. The SMILES string of the molecule is Cc1ccc(C(=O)N2CCCC(Cc3nc(C4CC4)no3)C2)cc1C. The lowest BCUT2D eigenvalue weighted by molar-refractivity contribution is 0.0668. The number of likely N-dealkylation sites (tertiary alicyclic amines) is 1. The van der Waals surface area contributed by atoms with Crippen LogP contribution in [0, 0.1) is 19.8 Å². The average Bonchev–Trinajstić information content (AvgIpc) is 3.37. The largest absolute Gasteiger partial charge is 0.339 e. The summed E-state index contributed by atoms with van der Waals surface area (Å²) in [7, 11) is 0. The molecule has 2 heterocycles. The van der Waals surface area contributed by atoms with Gasteiger partial charge >= 0.3 is 0 Å². The number of carbonyl (C=O) groups is 1. The third-order valence-corrected chi connectivity index (χ3v) is 5.45. The van der Waals surface area contributed by atoms with Crippen molar-refractivity contribution in [3.63, 3.8) is 0 Å². The van der Waals surface area contributed by atoms with E-state index in [4.69, 9.17) is 4.52 Å². The quantitative estimate of drug-likeness (QED) is 0.853. The minimum Gasteiger partial charge on any atom is -0.339 e. The number of benzene rings is 1. The van der Waals surface area contributed by atoms with Crippen LogP contribution in [-0.4, -0.2) is 34.0 Å². The standard InChI is InChI=1S/C20H25N3O2/c1-13-5-6-17(10-14(13)2)20(24)23-9-3-4-15(12-23)11-18-21-19(22-25-18)16-7-8-16/h5-6,10,15-16H,3-4,7-9,11-12H2,1-2H3. The molecule has 1 atom stereocenters. The molecule has 1 aromatic heterocycles. The first-order valence-electron chi connectivity index (χ1n) is 9.29. The van der Waals surface area contributed by atoms with E-state index in [2.05, 4.69) is 24.0 Å². The molecule has 132 valence electrons. The van der Waals surface area contributed by atoms with Gasteiger partial charge in [0.05, 0.1) is 0 Å². The summed E-state index contributed by atoms with van der Waals surface area (Å²) in [6, 6.07) is 5.97. The van der Waals surface area contributed by atoms with Gasteiger partial charge in [0.25, 0.3) is 5.91 Å². The van der Waals surface area contributed by atoms with Gasteiger partial charge in [-0.2, -0.15) is 4.98 Å². The summed E-state index contributed by atoms with van der Waals surface area (Å²) in [5.41, 5.74) is 3.17. The van der Waals surface area contributed by atoms with E-state index in [1.165, 1.54) is 18.4 Å². The highest BCUT2D eigenvalue weighted by molar-refractivity contribution is 5.94. The summed E-state index contributed by atoms with van der Waals surface area (Å²) in [6.07, 6.45) is 5.28. The van der Waals surface area contributed by atoms with Gasteiger partial charge in [-0.15, -0.1) is 0 Å². The van der Waals surface area contributed by atoms with Gasteiger partial charge < -0.3 is 9.42 Å². The van der Waals surface area contributed by atoms with E-state index >= 15 is 0 Å². The normalized spacial score (nSPS) is 20.7. The number of aromatic nitrogens is 2. The van der Waals surface area contributed by atoms with E-state index in [1.807, 2.05) is 23.1 Å². The zero-order chi connectivity index (χ0) is 17.4. The lowest BCUT2D eigenvalue weighted by Crippen LogP contribution is -2.40. The van der Waals surface area contributed by atoms with E-state index in [9.17, 15) is 4.79 Å². The van der Waals surface area contributed by atoms with Crippen molar-refractivity contribution in [1.82, 2.24) is 15.0 Å². The van der Waals surface area contributed by atoms with Crippen molar-refractivity contribution < 1.29 is 9.32 Å². The maximum absolute atomic E-state index is 12.8. The predicted molar refractivity (Wildman–Crippen MR) is 94.5 cm³/mol. The van der Waals surface area contributed by atoms with Gasteiger partial charge in [-0.1, -0.05) is 11.2 Å². The topological polar surface area (TPSA) is 59.2 Å². The Morgan fingerprint density at radius 3 is 2.84 bits per heavy atom. The van der Waals surface area contributed by atoms with Gasteiger partial charge in [0.1, 0.15) is 0 Å². The van der Waals surface area contributed by atoms with Crippen LogP contribution in [0.25, 0.3) is 0 Å². The van der Waals surface area contributed by atoms with Gasteiger partial charge in [-0.25, -0.2) is 0 Å². The van der Waals surface area contributed by atoms with Crippen LogP contribution in [0.15, 0.2) is 22.7 Å². The maximum atomic E-state index is 12.8. The van der Waals surface area contributed by atoms with Crippen LogP contribution in [0.5, 0.6) is 0 Å². The Hall–Kier alpha value is -2.17. The molecule has 1 unspecified atom stereocenters. The number of piperidine rings is 1. The fraction of sp³-hybridized carbons (Fsp3) is 0.550. The Morgan fingerprint density at radius 2 is 2.08 bits per heavy atom. The average molecular weight is 339 g/mol. The molecule has 1 aromatic carbocycles. The minimum atomic E-state index is 0.136. The van der Waals surface area contributed by atoms with Gasteiger partial charge in [0.2, 0.25) is 5.89 Å². The second kappa shape index (κ2) is 6.62. The summed E-state index contributed by atoms with van der Waals surface area (Å²) in [5.74, 6) is 2.65. The number of carbonyl (C=O) groups excluding carboxylic acids is 1. The highest BCUT2D eigenvalue weighted by Gasteiger charge is 2.30. The van der Waals surface area contributed by atoms with Crippen LogP contribution in [0.4, 0.5) is 0 Å². The first-order chi connectivity index (χ1) is 12.1. The zero-order valence-electron chi connectivity index (χ0n) is 15.0. The van der Waals surface area contributed by atoms with Crippen LogP contribution in [-0.2, 0) is 6.42 Å². The molecule has 1 saturated carbocycles. The molecular weight excluding hydrogens is 314 g/mol. The van der Waals surface area contributed by atoms with Gasteiger partial charge in [0.15, 0.2) is 5.82 Å². The van der Waals surface area contributed by atoms with Crippen molar-refractivity contribution in [3.8, 4) is 0 Å². The Kier molecular flexibility index (Phi) is 4.32. The maximum Gasteiger partial charge on any atom is 0.253 e. The number of nitrogens with zero attached hydrogens (tertiary/aromatic N) is 3. The molecule has 2 aliphatic rings. The zero-order valence-corrected chi connectivity index (χ0v) is 15.0. The molecule has 1 saturated heterocycles. The Labute approximate surface area is 148 Å². The molecule has 0 N–H and O–H groups in total. The molecule has 5 nitrogen and oxygen atoms in total. The molecule has 2 aromatic rings. The summed E-state index contributed by atoms with van der Waals surface area (Å²) in [6.45, 7) is 5.73. The lowest BCUT2D eigenvalue weighted by Gasteiger charge is -2.32. The fourth-order valence-corrected chi connectivity index (χ4v) is 3.58. The van der Waals surface area contributed by atoms with Crippen molar-refractivity contribution in [2.45, 2.75) is 51.9 Å². The third-order valence-electron chi connectivity index (χ3n) is 5.45. The van der Waals surface area contributed by atoms with Crippen molar-refractivity contribution >= 4 is 5.91 Å². The van der Waals surface area contributed by atoms with E-state index in [0.717, 1.165) is 55.2 Å². The van der Waals surface area contributed by atoms with Crippen LogP contribution >= 0.6 is 0 Å². The molecule has 1 aliphatic carbocycles. The molecule has 0 radical (unpaired) electrons. The monoisotopic (exact) mass is 339 g/mol. The van der Waals surface area contributed by atoms with Gasteiger partial charge in [0, 0.05) is 31.0 Å². The number of hydrogen-bond acceptors (Lipinski definition) is 4. The number of aryl methyl sites for hydroxylation is 2. The smallest absolute Gasteiger partial charge is 0.253 e. The van der Waals surface area contributed by atoms with Crippen LogP contribution < -0.4 is 0 Å². The molecule has 4 rings (SSSR count). The summed E-state index contributed by atoms with van der Waals surface area (Å²) < 4.78 is 5.41. The van der Waals surface area contributed by atoms with Crippen molar-refractivity contribution in [2.24, 2.45) is 5.92 Å². The summed E-state index contributed by atoms with van der Waals surface area (Å²) >= 11 is 0. The highest BCUT2D eigenvalue weighted by Crippen LogP contribution is 2.38. The molecule has 0 spiro atoms. The number of hydrogen-bond donors (Lipinski definition) is 0. The van der Waals surface area contributed by atoms with Crippen molar-refractivity contribution in [1.29, 1.82) is 0 Å². The second-order valence-electron chi connectivity index (χ2n) is 7.58. The van der Waals surface area contributed by atoms with Gasteiger partial charge in [-0.3, -0.25) is 4.79 Å². The molecular formula is C20H25N3O2. The highest BCUT2D eigenvalue weighted by atomic mass is 16.5. The Balaban J connectivity index is 1.40. The Morgan fingerprint density at radius 1 is 1.24 bits per heavy atom. The van der Waals surface area contributed by atoms with Crippen molar-refractivity contribution in [3.05, 3.63) is 46.6 Å². The first kappa shape index (κ1) is 16.3. The van der Waals surface area contributed by atoms with E-state index in [0.29, 0.717) is 11.8 Å². The Bertz CT molecular complexity index is 779.